The van der Waals surface area contributed by atoms with E-state index in [0.29, 0.717) is 30.2 Å². The molecule has 1 aliphatic carbocycles. The predicted molar refractivity (Wildman–Crippen MR) is 80.2 cm³/mol. The standard InChI is InChI=1S/C14H19N3O2S/c1-7-8(2)20-14-12(7)13(19)16-11(17-14)6-15-5-10(18)9-3-4-9/h9-10,15,18H,3-6H2,1-2H3,(H,16,17,19). The van der Waals surface area contributed by atoms with E-state index in [9.17, 15) is 9.90 Å². The molecule has 3 N–H and O–H groups in total. The van der Waals surface area contributed by atoms with Crippen molar-refractivity contribution in [1.82, 2.24) is 15.3 Å². The van der Waals surface area contributed by atoms with Gasteiger partial charge in [0.05, 0.1) is 18.0 Å². The summed E-state index contributed by atoms with van der Waals surface area (Å²) >= 11 is 1.55. The Hall–Kier alpha value is -1.24. The first-order valence-electron chi connectivity index (χ1n) is 6.94. The van der Waals surface area contributed by atoms with Crippen molar-refractivity contribution in [3.63, 3.8) is 0 Å². The van der Waals surface area contributed by atoms with Crippen molar-refractivity contribution < 1.29 is 5.11 Å². The molecule has 2 heterocycles. The molecule has 0 radical (unpaired) electrons. The van der Waals surface area contributed by atoms with Gasteiger partial charge in [0.25, 0.3) is 5.56 Å². The number of aromatic amines is 1. The Morgan fingerprint density at radius 3 is 2.95 bits per heavy atom. The van der Waals surface area contributed by atoms with Crippen molar-refractivity contribution in [1.29, 1.82) is 0 Å². The molecule has 1 unspecified atom stereocenters. The van der Waals surface area contributed by atoms with Gasteiger partial charge >= 0.3 is 0 Å². The minimum atomic E-state index is -0.281. The molecule has 1 aliphatic rings. The lowest BCUT2D eigenvalue weighted by atomic mass is 10.2. The quantitative estimate of drug-likeness (QED) is 0.780. The Bertz CT molecular complexity index is 688. The molecule has 5 nitrogen and oxygen atoms in total. The van der Waals surface area contributed by atoms with Crippen molar-refractivity contribution in [2.24, 2.45) is 5.92 Å². The molecule has 1 fully saturated rings. The number of rotatable bonds is 5. The number of nitrogens with zero attached hydrogens (tertiary/aromatic N) is 1. The minimum absolute atomic E-state index is 0.0728. The van der Waals surface area contributed by atoms with Crippen LogP contribution in [0.5, 0.6) is 0 Å². The number of aryl methyl sites for hydroxylation is 2. The van der Waals surface area contributed by atoms with Crippen molar-refractivity contribution in [3.8, 4) is 0 Å². The van der Waals surface area contributed by atoms with Gasteiger partial charge < -0.3 is 15.4 Å². The van der Waals surface area contributed by atoms with E-state index in [-0.39, 0.29) is 11.7 Å². The number of aromatic nitrogens is 2. The van der Waals surface area contributed by atoms with Crippen LogP contribution in [0.3, 0.4) is 0 Å². The van der Waals surface area contributed by atoms with Crippen LogP contribution in [0.4, 0.5) is 0 Å². The summed E-state index contributed by atoms with van der Waals surface area (Å²) in [5, 5.41) is 13.6. The summed E-state index contributed by atoms with van der Waals surface area (Å²) in [5.41, 5.74) is 0.943. The molecular formula is C14H19N3O2S. The molecule has 2 aromatic heterocycles. The second-order valence-electron chi connectivity index (χ2n) is 5.51. The summed E-state index contributed by atoms with van der Waals surface area (Å²) in [6.45, 7) is 4.99. The van der Waals surface area contributed by atoms with Crippen molar-refractivity contribution in [2.75, 3.05) is 6.54 Å². The third-order valence-corrected chi connectivity index (χ3v) is 5.00. The Kier molecular flexibility index (Phi) is 3.62. The number of thiophene rings is 1. The van der Waals surface area contributed by atoms with Gasteiger partial charge in [-0.2, -0.15) is 0 Å². The molecule has 0 bridgehead atoms. The van der Waals surface area contributed by atoms with Crippen molar-refractivity contribution in [3.05, 3.63) is 26.6 Å². The number of hydrogen-bond acceptors (Lipinski definition) is 5. The smallest absolute Gasteiger partial charge is 0.259 e. The van der Waals surface area contributed by atoms with E-state index in [1.54, 1.807) is 11.3 Å². The van der Waals surface area contributed by atoms with Crippen LogP contribution in [0.2, 0.25) is 0 Å². The van der Waals surface area contributed by atoms with Gasteiger partial charge in [-0.3, -0.25) is 4.79 Å². The Morgan fingerprint density at radius 2 is 2.25 bits per heavy atom. The van der Waals surface area contributed by atoms with Crippen LogP contribution in [0.1, 0.15) is 29.1 Å². The topological polar surface area (TPSA) is 78.0 Å². The van der Waals surface area contributed by atoms with Crippen molar-refractivity contribution in [2.45, 2.75) is 39.3 Å². The summed E-state index contributed by atoms with van der Waals surface area (Å²) in [7, 11) is 0. The number of H-pyrrole nitrogens is 1. The Balaban J connectivity index is 1.73. The summed E-state index contributed by atoms with van der Waals surface area (Å²) in [4.78, 5) is 21.3. The number of aliphatic hydroxyl groups is 1. The van der Waals surface area contributed by atoms with Crippen LogP contribution in [0, 0.1) is 19.8 Å². The van der Waals surface area contributed by atoms with Gasteiger partial charge in [-0.25, -0.2) is 4.98 Å². The van der Waals surface area contributed by atoms with Crippen molar-refractivity contribution >= 4 is 21.6 Å². The van der Waals surface area contributed by atoms with Gasteiger partial charge in [0, 0.05) is 11.4 Å². The molecule has 1 saturated carbocycles. The Labute approximate surface area is 121 Å². The minimum Gasteiger partial charge on any atom is -0.392 e. The first-order chi connectivity index (χ1) is 9.56. The van der Waals surface area contributed by atoms with Crippen LogP contribution < -0.4 is 10.9 Å². The van der Waals surface area contributed by atoms with Gasteiger partial charge in [0.1, 0.15) is 10.7 Å². The van der Waals surface area contributed by atoms with Gasteiger partial charge in [-0.05, 0) is 38.2 Å². The number of aliphatic hydroxyl groups excluding tert-OH is 1. The molecule has 0 saturated heterocycles. The zero-order chi connectivity index (χ0) is 14.3. The highest BCUT2D eigenvalue weighted by Gasteiger charge is 2.29. The van der Waals surface area contributed by atoms with E-state index in [1.165, 1.54) is 0 Å². The third kappa shape index (κ3) is 2.63. The van der Waals surface area contributed by atoms with E-state index in [1.807, 2.05) is 13.8 Å². The molecule has 0 amide bonds. The second-order valence-corrected chi connectivity index (χ2v) is 6.71. The number of hydrogen-bond donors (Lipinski definition) is 3. The fourth-order valence-electron chi connectivity index (χ4n) is 2.37. The third-order valence-electron chi connectivity index (χ3n) is 3.90. The highest BCUT2D eigenvalue weighted by Crippen LogP contribution is 2.32. The first-order valence-corrected chi connectivity index (χ1v) is 7.75. The maximum Gasteiger partial charge on any atom is 0.259 e. The zero-order valence-electron chi connectivity index (χ0n) is 11.7. The van der Waals surface area contributed by atoms with Gasteiger partial charge in [-0.15, -0.1) is 11.3 Å². The molecule has 2 aromatic rings. The van der Waals surface area contributed by atoms with Gasteiger partial charge in [0.2, 0.25) is 0 Å². The van der Waals surface area contributed by atoms with Crippen LogP contribution >= 0.6 is 11.3 Å². The normalized spacial score (nSPS) is 16.8. The van der Waals surface area contributed by atoms with E-state index < -0.39 is 0 Å². The summed E-state index contributed by atoms with van der Waals surface area (Å²) < 4.78 is 0. The highest BCUT2D eigenvalue weighted by molar-refractivity contribution is 7.18. The SMILES string of the molecule is Cc1sc2nc(CNCC(O)C3CC3)[nH]c(=O)c2c1C. The molecular weight excluding hydrogens is 274 g/mol. The molecule has 0 aliphatic heterocycles. The molecule has 20 heavy (non-hydrogen) atoms. The lowest BCUT2D eigenvalue weighted by Gasteiger charge is -2.09. The molecule has 108 valence electrons. The number of fused-ring (bicyclic) bond motifs is 1. The fourth-order valence-corrected chi connectivity index (χ4v) is 3.42. The van der Waals surface area contributed by atoms with Crippen LogP contribution in [-0.2, 0) is 6.54 Å². The molecule has 1 atom stereocenters. The maximum atomic E-state index is 12.1. The molecule has 0 spiro atoms. The fraction of sp³-hybridized carbons (Fsp3) is 0.571. The number of nitrogens with one attached hydrogen (secondary N) is 2. The molecule has 3 rings (SSSR count). The zero-order valence-corrected chi connectivity index (χ0v) is 12.5. The lowest BCUT2D eigenvalue weighted by molar-refractivity contribution is 0.148. The van der Waals surface area contributed by atoms with Gasteiger partial charge in [-0.1, -0.05) is 0 Å². The summed E-state index contributed by atoms with van der Waals surface area (Å²) in [5.74, 6) is 1.09. The lowest BCUT2D eigenvalue weighted by Crippen LogP contribution is -2.29. The largest absolute Gasteiger partial charge is 0.392 e. The first kappa shape index (κ1) is 13.7. The van der Waals surface area contributed by atoms with Crippen LogP contribution in [-0.4, -0.2) is 27.7 Å². The van der Waals surface area contributed by atoms with Gasteiger partial charge in [0.15, 0.2) is 0 Å². The predicted octanol–water partition coefficient (Wildman–Crippen LogP) is 1.46. The van der Waals surface area contributed by atoms with E-state index in [4.69, 9.17) is 0 Å². The summed E-state index contributed by atoms with van der Waals surface area (Å²) in [6, 6.07) is 0. The average Bonchev–Trinajstić information content (AvgIpc) is 3.18. The van der Waals surface area contributed by atoms with Crippen LogP contribution in [0.25, 0.3) is 10.2 Å². The maximum absolute atomic E-state index is 12.1. The van der Waals surface area contributed by atoms with E-state index in [0.717, 1.165) is 28.1 Å². The second kappa shape index (κ2) is 5.27. The summed E-state index contributed by atoms with van der Waals surface area (Å²) in [6.07, 6.45) is 1.96. The monoisotopic (exact) mass is 293 g/mol. The molecule has 0 aromatic carbocycles. The van der Waals surface area contributed by atoms with E-state index in [2.05, 4.69) is 15.3 Å². The molecule has 6 heteroatoms. The Morgan fingerprint density at radius 1 is 1.50 bits per heavy atom. The highest BCUT2D eigenvalue weighted by atomic mass is 32.1. The van der Waals surface area contributed by atoms with Crippen LogP contribution in [0.15, 0.2) is 4.79 Å². The average molecular weight is 293 g/mol. The van der Waals surface area contributed by atoms with E-state index >= 15 is 0 Å².